The molecule has 94 valence electrons. The maximum absolute atomic E-state index is 11.9. The van der Waals surface area contributed by atoms with E-state index in [4.69, 9.17) is 0 Å². The van der Waals surface area contributed by atoms with Crippen molar-refractivity contribution in [1.29, 1.82) is 0 Å². The second-order valence-corrected chi connectivity index (χ2v) is 5.06. The molecule has 0 fully saturated rings. The fraction of sp³-hybridized carbons (Fsp3) is 0.455. The minimum Gasteiger partial charge on any atom is -0.346 e. The summed E-state index contributed by atoms with van der Waals surface area (Å²) < 4.78 is 5.81. The molecule has 1 amide bonds. The average Bonchev–Trinajstić information content (AvgIpc) is 2.95. The molecule has 2 aromatic heterocycles. The van der Waals surface area contributed by atoms with Crippen LogP contribution < -0.4 is 5.32 Å². The van der Waals surface area contributed by atoms with Crippen LogP contribution in [0, 0.1) is 6.92 Å². The van der Waals surface area contributed by atoms with Gasteiger partial charge in [-0.1, -0.05) is 4.49 Å². The summed E-state index contributed by atoms with van der Waals surface area (Å²) in [5.41, 5.74) is 1.42. The van der Waals surface area contributed by atoms with Gasteiger partial charge in [0, 0.05) is 30.6 Å². The predicted octanol–water partition coefficient (Wildman–Crippen LogP) is 0.788. The maximum Gasteiger partial charge on any atom is 0.273 e. The highest BCUT2D eigenvalue weighted by atomic mass is 32.1. The summed E-state index contributed by atoms with van der Waals surface area (Å²) in [6, 6.07) is 0.139. The van der Waals surface area contributed by atoms with Crippen molar-refractivity contribution < 1.29 is 4.79 Å². The lowest BCUT2D eigenvalue weighted by Gasteiger charge is -2.24. The zero-order valence-electron chi connectivity index (χ0n) is 9.96. The fourth-order valence-corrected chi connectivity index (χ4v) is 2.66. The van der Waals surface area contributed by atoms with Gasteiger partial charge in [0.1, 0.15) is 5.82 Å². The van der Waals surface area contributed by atoms with E-state index >= 15 is 0 Å². The third kappa shape index (κ3) is 2.13. The quantitative estimate of drug-likeness (QED) is 0.869. The summed E-state index contributed by atoms with van der Waals surface area (Å²) in [6.07, 6.45) is 3.84. The Bertz CT molecular complexity index is 562. The van der Waals surface area contributed by atoms with Crippen LogP contribution in [-0.2, 0) is 13.0 Å². The minimum absolute atomic E-state index is 0.139. The fourth-order valence-electron chi connectivity index (χ4n) is 2.23. The van der Waals surface area contributed by atoms with E-state index in [0.717, 1.165) is 30.9 Å². The molecule has 0 unspecified atom stereocenters. The summed E-state index contributed by atoms with van der Waals surface area (Å²) in [5, 5.41) is 8.41. The van der Waals surface area contributed by atoms with Crippen molar-refractivity contribution in [2.75, 3.05) is 0 Å². The molecule has 2 aromatic rings. The summed E-state index contributed by atoms with van der Waals surface area (Å²) in [4.78, 5) is 16.3. The smallest absolute Gasteiger partial charge is 0.273 e. The second-order valence-electron chi connectivity index (χ2n) is 4.45. The van der Waals surface area contributed by atoms with Gasteiger partial charge in [0.05, 0.1) is 5.69 Å². The molecule has 3 rings (SSSR count). The van der Waals surface area contributed by atoms with Gasteiger partial charge in [0.15, 0.2) is 5.69 Å². The van der Waals surface area contributed by atoms with Gasteiger partial charge in [-0.3, -0.25) is 4.79 Å². The van der Waals surface area contributed by atoms with Crippen LogP contribution >= 0.6 is 11.5 Å². The molecule has 0 aromatic carbocycles. The number of rotatable bonds is 2. The Hall–Kier alpha value is -1.76. The van der Waals surface area contributed by atoms with Crippen molar-refractivity contribution in [3.63, 3.8) is 0 Å². The third-order valence-electron chi connectivity index (χ3n) is 3.04. The molecule has 3 heterocycles. The Morgan fingerprint density at radius 1 is 1.61 bits per heavy atom. The Kier molecular flexibility index (Phi) is 2.83. The number of fused-ring (bicyclic) bond motifs is 1. The summed E-state index contributed by atoms with van der Waals surface area (Å²) in [7, 11) is 0. The molecule has 0 radical (unpaired) electrons. The van der Waals surface area contributed by atoms with Crippen molar-refractivity contribution in [3.8, 4) is 0 Å². The van der Waals surface area contributed by atoms with Crippen LogP contribution in [0.1, 0.15) is 28.4 Å². The van der Waals surface area contributed by atoms with Crippen molar-refractivity contribution in [2.24, 2.45) is 0 Å². The number of carbonyl (C=O) groups excluding carboxylic acids is 1. The van der Waals surface area contributed by atoms with E-state index in [9.17, 15) is 4.79 Å². The Morgan fingerprint density at radius 2 is 2.50 bits per heavy atom. The lowest BCUT2D eigenvalue weighted by atomic mass is 10.1. The first kappa shape index (κ1) is 11.3. The molecule has 0 saturated heterocycles. The van der Waals surface area contributed by atoms with Crippen LogP contribution in [0.3, 0.4) is 0 Å². The number of hydrogen-bond donors (Lipinski definition) is 1. The number of imidazole rings is 1. The lowest BCUT2D eigenvalue weighted by Crippen LogP contribution is -2.41. The molecular weight excluding hydrogens is 250 g/mol. The van der Waals surface area contributed by atoms with Gasteiger partial charge in [0.2, 0.25) is 0 Å². The summed E-state index contributed by atoms with van der Waals surface area (Å²) in [6.45, 7) is 2.76. The normalized spacial score (nSPS) is 18.4. The third-order valence-corrected chi connectivity index (χ3v) is 3.55. The molecule has 0 spiro atoms. The largest absolute Gasteiger partial charge is 0.346 e. The van der Waals surface area contributed by atoms with E-state index in [1.54, 1.807) is 5.38 Å². The van der Waals surface area contributed by atoms with Gasteiger partial charge in [-0.05, 0) is 24.9 Å². The van der Waals surface area contributed by atoms with Crippen LogP contribution in [0.15, 0.2) is 11.6 Å². The molecule has 18 heavy (non-hydrogen) atoms. The first-order valence-corrected chi connectivity index (χ1v) is 6.66. The highest BCUT2D eigenvalue weighted by molar-refractivity contribution is 7.03. The van der Waals surface area contributed by atoms with Crippen LogP contribution in [0.5, 0.6) is 0 Å². The van der Waals surface area contributed by atoms with Crippen LogP contribution in [0.2, 0.25) is 0 Å². The minimum atomic E-state index is -0.144. The Balaban J connectivity index is 1.68. The van der Waals surface area contributed by atoms with Gasteiger partial charge in [-0.2, -0.15) is 0 Å². The number of nitrogens with one attached hydrogen (secondary N) is 1. The maximum atomic E-state index is 11.9. The van der Waals surface area contributed by atoms with E-state index in [1.807, 2.05) is 13.1 Å². The molecule has 0 saturated carbocycles. The van der Waals surface area contributed by atoms with E-state index in [-0.39, 0.29) is 11.9 Å². The highest BCUT2D eigenvalue weighted by Crippen LogP contribution is 2.15. The molecule has 6 nitrogen and oxygen atoms in total. The van der Waals surface area contributed by atoms with Crippen molar-refractivity contribution in [1.82, 2.24) is 24.5 Å². The van der Waals surface area contributed by atoms with Gasteiger partial charge in [0.25, 0.3) is 5.91 Å². The van der Waals surface area contributed by atoms with E-state index in [1.165, 1.54) is 11.5 Å². The molecule has 0 bridgehead atoms. The van der Waals surface area contributed by atoms with E-state index in [0.29, 0.717) is 5.69 Å². The number of carbonyl (C=O) groups is 1. The van der Waals surface area contributed by atoms with Gasteiger partial charge < -0.3 is 9.88 Å². The first-order chi connectivity index (χ1) is 8.72. The molecule has 0 aliphatic carbocycles. The van der Waals surface area contributed by atoms with Crippen LogP contribution in [-0.4, -0.2) is 31.1 Å². The Labute approximate surface area is 108 Å². The summed E-state index contributed by atoms with van der Waals surface area (Å²) in [5.74, 6) is 0.961. The molecule has 1 aliphatic rings. The van der Waals surface area contributed by atoms with Gasteiger partial charge in [-0.25, -0.2) is 4.98 Å². The SMILES string of the molecule is Cc1cn2c(n1)CC[C@@H](NC(=O)c1csnn1)C2. The van der Waals surface area contributed by atoms with Crippen molar-refractivity contribution >= 4 is 17.4 Å². The first-order valence-electron chi connectivity index (χ1n) is 5.83. The standard InChI is InChI=1S/C11H13N5OS/c1-7-4-16-5-8(2-3-10(16)12-7)13-11(17)9-6-18-15-14-9/h4,6,8H,2-3,5H2,1H3,(H,13,17)/t8-/m1/s1. The van der Waals surface area contributed by atoms with Gasteiger partial charge >= 0.3 is 0 Å². The van der Waals surface area contributed by atoms with Crippen LogP contribution in [0.4, 0.5) is 0 Å². The number of hydrogen-bond acceptors (Lipinski definition) is 5. The number of nitrogens with zero attached hydrogens (tertiary/aromatic N) is 4. The molecule has 7 heteroatoms. The highest BCUT2D eigenvalue weighted by Gasteiger charge is 2.22. The van der Waals surface area contributed by atoms with E-state index in [2.05, 4.69) is 24.5 Å². The number of amides is 1. The Morgan fingerprint density at radius 3 is 3.28 bits per heavy atom. The number of aryl methyl sites for hydroxylation is 2. The van der Waals surface area contributed by atoms with Crippen LogP contribution in [0.25, 0.3) is 0 Å². The average molecular weight is 263 g/mol. The number of aromatic nitrogens is 4. The molecule has 1 N–H and O–H groups in total. The van der Waals surface area contributed by atoms with Gasteiger partial charge in [-0.15, -0.1) is 5.10 Å². The molecule has 1 aliphatic heterocycles. The lowest BCUT2D eigenvalue weighted by molar-refractivity contribution is 0.0922. The summed E-state index contributed by atoms with van der Waals surface area (Å²) >= 11 is 1.18. The topological polar surface area (TPSA) is 72.7 Å². The predicted molar refractivity (Wildman–Crippen MR) is 66.4 cm³/mol. The molecular formula is C11H13N5OS. The second kappa shape index (κ2) is 4.49. The monoisotopic (exact) mass is 263 g/mol. The molecule has 1 atom stereocenters. The van der Waals surface area contributed by atoms with E-state index < -0.39 is 0 Å². The zero-order valence-corrected chi connectivity index (χ0v) is 10.8. The van der Waals surface area contributed by atoms with Crippen molar-refractivity contribution in [2.45, 2.75) is 32.4 Å². The van der Waals surface area contributed by atoms with Crippen molar-refractivity contribution in [3.05, 3.63) is 28.8 Å². The zero-order chi connectivity index (χ0) is 12.5.